The van der Waals surface area contributed by atoms with Gasteiger partial charge in [-0.3, -0.25) is 4.79 Å². The average Bonchev–Trinajstić information content (AvgIpc) is 2.36. The highest BCUT2D eigenvalue weighted by molar-refractivity contribution is 7.90. The number of aliphatic carboxylic acids is 1. The second-order valence-electron chi connectivity index (χ2n) is 4.78. The van der Waals surface area contributed by atoms with Crippen LogP contribution in [0.2, 0.25) is 0 Å². The van der Waals surface area contributed by atoms with Crippen LogP contribution in [0.15, 0.2) is 34.1 Å². The predicted molar refractivity (Wildman–Crippen MR) is 76.1 cm³/mol. The second kappa shape index (κ2) is 6.12. The van der Waals surface area contributed by atoms with E-state index in [1.807, 2.05) is 0 Å². The van der Waals surface area contributed by atoms with Gasteiger partial charge in [0.15, 0.2) is 9.84 Å². The van der Waals surface area contributed by atoms with Crippen LogP contribution in [0.25, 0.3) is 0 Å². The van der Waals surface area contributed by atoms with Crippen molar-refractivity contribution in [1.29, 1.82) is 0 Å². The Bertz CT molecular complexity index is 722. The van der Waals surface area contributed by atoms with Crippen LogP contribution in [0, 0.1) is 5.92 Å². The van der Waals surface area contributed by atoms with Crippen molar-refractivity contribution < 1.29 is 26.7 Å². The van der Waals surface area contributed by atoms with Gasteiger partial charge < -0.3 is 5.11 Å². The molecule has 118 valence electrons. The van der Waals surface area contributed by atoms with E-state index in [9.17, 15) is 21.6 Å². The molecule has 0 aliphatic carbocycles. The summed E-state index contributed by atoms with van der Waals surface area (Å²) in [7, 11) is -7.31. The summed E-state index contributed by atoms with van der Waals surface area (Å²) in [6.07, 6.45) is 1.02. The van der Waals surface area contributed by atoms with Gasteiger partial charge in [0.2, 0.25) is 10.0 Å². The fourth-order valence-electron chi connectivity index (χ4n) is 1.49. The maximum absolute atomic E-state index is 12.1. The molecule has 0 aromatic heterocycles. The van der Waals surface area contributed by atoms with Crippen LogP contribution in [0.1, 0.15) is 13.8 Å². The molecule has 0 spiro atoms. The van der Waals surface area contributed by atoms with Crippen LogP contribution < -0.4 is 4.72 Å². The quantitative estimate of drug-likeness (QED) is 0.780. The Morgan fingerprint density at radius 3 is 1.86 bits per heavy atom. The van der Waals surface area contributed by atoms with Crippen LogP contribution >= 0.6 is 0 Å². The first kappa shape index (κ1) is 17.6. The van der Waals surface area contributed by atoms with Gasteiger partial charge in [0, 0.05) is 12.3 Å². The van der Waals surface area contributed by atoms with Gasteiger partial charge in [-0.15, -0.1) is 0 Å². The molecule has 1 rings (SSSR count). The number of carboxylic acid groups (broad SMARTS) is 1. The van der Waals surface area contributed by atoms with Crippen molar-refractivity contribution in [3.05, 3.63) is 24.3 Å². The van der Waals surface area contributed by atoms with Crippen LogP contribution in [-0.4, -0.2) is 40.2 Å². The lowest BCUT2D eigenvalue weighted by molar-refractivity contribution is -0.141. The van der Waals surface area contributed by atoms with Gasteiger partial charge in [0.25, 0.3) is 0 Å². The van der Waals surface area contributed by atoms with E-state index in [2.05, 4.69) is 4.72 Å². The number of nitrogens with one attached hydrogen (secondary N) is 1. The van der Waals surface area contributed by atoms with Crippen molar-refractivity contribution in [2.24, 2.45) is 5.92 Å². The standard InChI is InChI=1S/C12H17NO6S2/c1-8(12(14)15)9(2)13-21(18,19)11-6-4-10(5-7-11)20(3,16)17/h4-9,13H,1-3H3,(H,14,15). The summed E-state index contributed by atoms with van der Waals surface area (Å²) in [5, 5.41) is 8.84. The van der Waals surface area contributed by atoms with Crippen molar-refractivity contribution in [1.82, 2.24) is 4.72 Å². The zero-order chi connectivity index (χ0) is 16.4. The van der Waals surface area contributed by atoms with Gasteiger partial charge in [-0.25, -0.2) is 21.6 Å². The molecule has 0 heterocycles. The Balaban J connectivity index is 3.01. The largest absolute Gasteiger partial charge is 0.481 e. The number of hydrogen-bond donors (Lipinski definition) is 2. The molecule has 0 saturated carbocycles. The first-order valence-corrected chi connectivity index (χ1v) is 9.38. The summed E-state index contributed by atoms with van der Waals surface area (Å²) in [5.41, 5.74) is 0. The van der Waals surface area contributed by atoms with Crippen LogP contribution in [0.5, 0.6) is 0 Å². The predicted octanol–water partition coefficient (Wildman–Crippen LogP) is 0.478. The normalized spacial score (nSPS) is 15.4. The highest BCUT2D eigenvalue weighted by Crippen LogP contribution is 2.15. The van der Waals surface area contributed by atoms with Crippen LogP contribution in [0.4, 0.5) is 0 Å². The number of rotatable bonds is 6. The molecule has 21 heavy (non-hydrogen) atoms. The topological polar surface area (TPSA) is 118 Å². The number of hydrogen-bond acceptors (Lipinski definition) is 5. The number of carbonyl (C=O) groups is 1. The van der Waals surface area contributed by atoms with Gasteiger partial charge in [-0.05, 0) is 31.2 Å². The molecule has 2 unspecified atom stereocenters. The van der Waals surface area contributed by atoms with E-state index in [-0.39, 0.29) is 9.79 Å². The van der Waals surface area contributed by atoms with E-state index in [1.165, 1.54) is 26.0 Å². The third-order valence-electron chi connectivity index (χ3n) is 3.04. The minimum atomic E-state index is -3.91. The molecule has 7 nitrogen and oxygen atoms in total. The highest BCUT2D eigenvalue weighted by Gasteiger charge is 2.25. The molecular formula is C12H17NO6S2. The maximum Gasteiger partial charge on any atom is 0.307 e. The number of benzene rings is 1. The molecule has 2 atom stereocenters. The summed E-state index contributed by atoms with van der Waals surface area (Å²) >= 11 is 0. The molecule has 1 aromatic rings. The maximum atomic E-state index is 12.1. The molecule has 0 fully saturated rings. The lowest BCUT2D eigenvalue weighted by Crippen LogP contribution is -2.39. The van der Waals surface area contributed by atoms with Crippen molar-refractivity contribution in [2.75, 3.05) is 6.26 Å². The number of carboxylic acids is 1. The van der Waals surface area contributed by atoms with Crippen molar-refractivity contribution in [3.63, 3.8) is 0 Å². The first-order valence-electron chi connectivity index (χ1n) is 6.00. The Morgan fingerprint density at radius 2 is 1.48 bits per heavy atom. The summed E-state index contributed by atoms with van der Waals surface area (Å²) in [6, 6.07) is 3.90. The zero-order valence-electron chi connectivity index (χ0n) is 11.8. The van der Waals surface area contributed by atoms with Gasteiger partial charge in [0.1, 0.15) is 0 Å². The monoisotopic (exact) mass is 335 g/mol. The van der Waals surface area contributed by atoms with Crippen molar-refractivity contribution in [2.45, 2.75) is 29.7 Å². The lowest BCUT2D eigenvalue weighted by atomic mass is 10.1. The third kappa shape index (κ3) is 4.51. The number of sulfonamides is 1. The molecule has 0 bridgehead atoms. The van der Waals surface area contributed by atoms with Crippen molar-refractivity contribution >= 4 is 25.8 Å². The van der Waals surface area contributed by atoms with E-state index in [1.54, 1.807) is 0 Å². The van der Waals surface area contributed by atoms with E-state index in [4.69, 9.17) is 5.11 Å². The molecule has 0 aliphatic heterocycles. The van der Waals surface area contributed by atoms with Crippen LogP contribution in [-0.2, 0) is 24.7 Å². The van der Waals surface area contributed by atoms with Gasteiger partial charge in [0.05, 0.1) is 15.7 Å². The Labute approximate surface area is 124 Å². The second-order valence-corrected chi connectivity index (χ2v) is 8.51. The van der Waals surface area contributed by atoms with E-state index in [0.29, 0.717) is 0 Å². The van der Waals surface area contributed by atoms with E-state index >= 15 is 0 Å². The fourth-order valence-corrected chi connectivity index (χ4v) is 3.45. The lowest BCUT2D eigenvalue weighted by Gasteiger charge is -2.17. The molecule has 2 N–H and O–H groups in total. The molecule has 0 radical (unpaired) electrons. The molecule has 0 amide bonds. The fraction of sp³-hybridized carbons (Fsp3) is 0.417. The minimum Gasteiger partial charge on any atom is -0.481 e. The smallest absolute Gasteiger partial charge is 0.307 e. The van der Waals surface area contributed by atoms with Crippen molar-refractivity contribution in [3.8, 4) is 0 Å². The van der Waals surface area contributed by atoms with Gasteiger partial charge in [-0.2, -0.15) is 0 Å². The third-order valence-corrected chi connectivity index (χ3v) is 5.75. The zero-order valence-corrected chi connectivity index (χ0v) is 13.4. The van der Waals surface area contributed by atoms with Gasteiger partial charge in [-0.1, -0.05) is 6.92 Å². The molecule has 0 aliphatic rings. The average molecular weight is 335 g/mol. The molecule has 9 heteroatoms. The number of sulfone groups is 1. The minimum absolute atomic E-state index is 0.00778. The van der Waals surface area contributed by atoms with E-state index < -0.39 is 37.8 Å². The molecule has 0 saturated heterocycles. The van der Waals surface area contributed by atoms with Crippen LogP contribution in [0.3, 0.4) is 0 Å². The summed E-state index contributed by atoms with van der Waals surface area (Å²) in [4.78, 5) is 10.7. The Morgan fingerprint density at radius 1 is 1.05 bits per heavy atom. The SMILES string of the molecule is CC(NS(=O)(=O)c1ccc(S(C)(=O)=O)cc1)C(C)C(=O)O. The summed E-state index contributed by atoms with van der Waals surface area (Å²) in [5.74, 6) is -2.01. The first-order chi connectivity index (χ1) is 9.45. The summed E-state index contributed by atoms with van der Waals surface area (Å²) in [6.45, 7) is 2.84. The molecular weight excluding hydrogens is 318 g/mol. The summed E-state index contributed by atoms with van der Waals surface area (Å²) < 4.78 is 49.0. The Kier molecular flexibility index (Phi) is 5.13. The van der Waals surface area contributed by atoms with Gasteiger partial charge >= 0.3 is 5.97 Å². The molecule has 1 aromatic carbocycles. The van der Waals surface area contributed by atoms with E-state index in [0.717, 1.165) is 18.4 Å². The Hall–Kier alpha value is -1.45. The highest BCUT2D eigenvalue weighted by atomic mass is 32.2.